The zero-order valence-corrected chi connectivity index (χ0v) is 10.3. The van der Waals surface area contributed by atoms with E-state index in [0.717, 1.165) is 0 Å². The number of hydrogen-bond acceptors (Lipinski definition) is 6. The van der Waals surface area contributed by atoms with Crippen molar-refractivity contribution in [2.75, 3.05) is 30.3 Å². The monoisotopic (exact) mass is 258 g/mol. The number of ether oxygens (including phenoxy) is 1. The van der Waals surface area contributed by atoms with E-state index < -0.39 is 0 Å². The van der Waals surface area contributed by atoms with Crippen molar-refractivity contribution in [2.24, 2.45) is 0 Å². The van der Waals surface area contributed by atoms with E-state index in [-0.39, 0.29) is 24.6 Å². The van der Waals surface area contributed by atoms with Crippen LogP contribution in [0.2, 0.25) is 5.02 Å². The number of nitrogens with zero attached hydrogens (tertiary/aromatic N) is 3. The van der Waals surface area contributed by atoms with Crippen LogP contribution in [-0.2, 0) is 4.74 Å². The summed E-state index contributed by atoms with van der Waals surface area (Å²) in [5.41, 5.74) is 5.64. The molecule has 0 spiro atoms. The van der Waals surface area contributed by atoms with Crippen molar-refractivity contribution in [3.63, 3.8) is 0 Å². The summed E-state index contributed by atoms with van der Waals surface area (Å²) in [6, 6.07) is 0. The molecule has 1 saturated heterocycles. The smallest absolute Gasteiger partial charge is 0.153 e. The van der Waals surface area contributed by atoms with E-state index in [2.05, 4.69) is 9.97 Å². The highest BCUT2D eigenvalue weighted by Crippen LogP contribution is 2.28. The minimum absolute atomic E-state index is 0.00755. The van der Waals surface area contributed by atoms with Crippen LogP contribution in [0.4, 0.5) is 11.6 Å². The number of rotatable bonds is 2. The number of hydrogen-bond donors (Lipinski definition) is 2. The molecule has 2 rings (SSSR count). The molecule has 1 aliphatic heterocycles. The van der Waals surface area contributed by atoms with Crippen molar-refractivity contribution in [1.82, 2.24) is 9.97 Å². The Kier molecular flexibility index (Phi) is 3.66. The third kappa shape index (κ3) is 2.59. The van der Waals surface area contributed by atoms with Crippen molar-refractivity contribution in [3.05, 3.63) is 11.3 Å². The van der Waals surface area contributed by atoms with Crippen LogP contribution >= 0.6 is 11.6 Å². The zero-order chi connectivity index (χ0) is 12.4. The van der Waals surface area contributed by atoms with Gasteiger partial charge in [-0.2, -0.15) is 0 Å². The van der Waals surface area contributed by atoms with Gasteiger partial charge in [-0.3, -0.25) is 0 Å². The number of aromatic nitrogens is 2. The van der Waals surface area contributed by atoms with Crippen LogP contribution < -0.4 is 10.6 Å². The Bertz CT molecular complexity index is 404. The zero-order valence-electron chi connectivity index (χ0n) is 9.51. The van der Waals surface area contributed by atoms with Gasteiger partial charge in [0.1, 0.15) is 17.2 Å². The van der Waals surface area contributed by atoms with Gasteiger partial charge in [-0.05, 0) is 6.92 Å². The molecular weight excluding hydrogens is 244 g/mol. The van der Waals surface area contributed by atoms with Gasteiger partial charge in [-0.15, -0.1) is 0 Å². The van der Waals surface area contributed by atoms with Gasteiger partial charge >= 0.3 is 0 Å². The van der Waals surface area contributed by atoms with E-state index in [1.54, 1.807) is 0 Å². The van der Waals surface area contributed by atoms with Crippen molar-refractivity contribution >= 4 is 23.2 Å². The average Bonchev–Trinajstić information content (AvgIpc) is 2.31. The Labute approximate surface area is 104 Å². The predicted octanol–water partition coefficient (Wildman–Crippen LogP) is 0.298. The maximum absolute atomic E-state index is 9.16. The quantitative estimate of drug-likeness (QED) is 0.794. The Morgan fingerprint density at radius 3 is 3.06 bits per heavy atom. The number of nitrogen functional groups attached to an aromatic ring is 1. The first-order valence-corrected chi connectivity index (χ1v) is 5.77. The summed E-state index contributed by atoms with van der Waals surface area (Å²) in [6.07, 6.45) is 1.16. The van der Waals surface area contributed by atoms with Crippen LogP contribution in [0.25, 0.3) is 0 Å². The van der Waals surface area contributed by atoms with E-state index in [9.17, 15) is 0 Å². The summed E-state index contributed by atoms with van der Waals surface area (Å²) < 4.78 is 5.55. The van der Waals surface area contributed by atoms with Crippen LogP contribution in [-0.4, -0.2) is 47.0 Å². The number of morpholine rings is 1. The third-order valence-corrected chi connectivity index (χ3v) is 2.99. The molecule has 17 heavy (non-hydrogen) atoms. The molecule has 6 nitrogen and oxygen atoms in total. The molecule has 2 unspecified atom stereocenters. The molecule has 0 saturated carbocycles. The molecular formula is C10H15ClN4O2. The van der Waals surface area contributed by atoms with Crippen molar-refractivity contribution < 1.29 is 9.84 Å². The van der Waals surface area contributed by atoms with Crippen molar-refractivity contribution in [1.29, 1.82) is 0 Å². The van der Waals surface area contributed by atoms with Crippen LogP contribution in [0.5, 0.6) is 0 Å². The van der Waals surface area contributed by atoms with Gasteiger partial charge in [0.05, 0.1) is 18.8 Å². The summed E-state index contributed by atoms with van der Waals surface area (Å²) >= 11 is 6.07. The standard InChI is InChI=1S/C10H15ClN4O2/c1-6-2-15(3-7(4-16)17-6)10-8(11)9(12)13-5-14-10/h5-7,16H,2-4H2,1H3,(H2,12,13,14). The van der Waals surface area contributed by atoms with Crippen LogP contribution in [0.1, 0.15) is 6.92 Å². The fraction of sp³-hybridized carbons (Fsp3) is 0.600. The fourth-order valence-electron chi connectivity index (χ4n) is 1.91. The molecule has 0 aliphatic carbocycles. The second kappa shape index (κ2) is 5.03. The largest absolute Gasteiger partial charge is 0.394 e. The highest BCUT2D eigenvalue weighted by atomic mass is 35.5. The van der Waals surface area contributed by atoms with E-state index in [0.29, 0.717) is 23.9 Å². The van der Waals surface area contributed by atoms with Gasteiger partial charge < -0.3 is 20.5 Å². The summed E-state index contributed by atoms with van der Waals surface area (Å²) in [7, 11) is 0. The Balaban J connectivity index is 2.23. The van der Waals surface area contributed by atoms with E-state index in [1.807, 2.05) is 11.8 Å². The predicted molar refractivity (Wildman–Crippen MR) is 65.1 cm³/mol. The molecule has 2 heterocycles. The third-order valence-electron chi connectivity index (χ3n) is 2.63. The van der Waals surface area contributed by atoms with Crippen LogP contribution in [0.15, 0.2) is 6.33 Å². The number of aliphatic hydroxyl groups excluding tert-OH is 1. The molecule has 2 atom stereocenters. The first-order chi connectivity index (χ1) is 8.11. The molecule has 1 aliphatic rings. The Morgan fingerprint density at radius 2 is 2.35 bits per heavy atom. The van der Waals surface area contributed by atoms with Gasteiger partial charge in [0.25, 0.3) is 0 Å². The van der Waals surface area contributed by atoms with Gasteiger partial charge in [-0.25, -0.2) is 9.97 Å². The summed E-state index contributed by atoms with van der Waals surface area (Å²) in [6.45, 7) is 3.11. The number of anilines is 2. The molecule has 0 amide bonds. The minimum atomic E-state index is -0.231. The topological polar surface area (TPSA) is 84.5 Å². The van der Waals surface area contributed by atoms with Crippen molar-refractivity contribution in [2.45, 2.75) is 19.1 Å². The van der Waals surface area contributed by atoms with Gasteiger partial charge in [0.15, 0.2) is 5.82 Å². The molecule has 1 aromatic heterocycles. The van der Waals surface area contributed by atoms with Crippen LogP contribution in [0.3, 0.4) is 0 Å². The summed E-state index contributed by atoms with van der Waals surface area (Å²) in [4.78, 5) is 9.91. The molecule has 0 bridgehead atoms. The second-order valence-corrected chi connectivity index (χ2v) is 4.43. The molecule has 0 aromatic carbocycles. The number of halogens is 1. The van der Waals surface area contributed by atoms with Gasteiger partial charge in [-0.1, -0.05) is 11.6 Å². The lowest BCUT2D eigenvalue weighted by Crippen LogP contribution is -2.48. The van der Waals surface area contributed by atoms with Crippen molar-refractivity contribution in [3.8, 4) is 0 Å². The Morgan fingerprint density at radius 1 is 1.59 bits per heavy atom. The lowest BCUT2D eigenvalue weighted by molar-refractivity contribution is -0.0423. The summed E-state index contributed by atoms with van der Waals surface area (Å²) in [5, 5.41) is 9.50. The first kappa shape index (κ1) is 12.3. The first-order valence-electron chi connectivity index (χ1n) is 5.39. The second-order valence-electron chi connectivity index (χ2n) is 4.05. The highest BCUT2D eigenvalue weighted by Gasteiger charge is 2.27. The molecule has 94 valence electrons. The summed E-state index contributed by atoms with van der Waals surface area (Å²) in [5.74, 6) is 0.851. The SMILES string of the molecule is CC1CN(c2ncnc(N)c2Cl)CC(CO)O1. The minimum Gasteiger partial charge on any atom is -0.394 e. The molecule has 1 fully saturated rings. The van der Waals surface area contributed by atoms with E-state index in [1.165, 1.54) is 6.33 Å². The molecule has 1 aromatic rings. The molecule has 3 N–H and O–H groups in total. The fourth-order valence-corrected chi connectivity index (χ4v) is 2.13. The molecule has 7 heteroatoms. The highest BCUT2D eigenvalue weighted by molar-refractivity contribution is 6.35. The average molecular weight is 259 g/mol. The lowest BCUT2D eigenvalue weighted by atomic mass is 10.2. The number of nitrogens with two attached hydrogens (primary N) is 1. The normalized spacial score (nSPS) is 25.0. The van der Waals surface area contributed by atoms with Gasteiger partial charge in [0, 0.05) is 13.1 Å². The maximum atomic E-state index is 9.16. The van der Waals surface area contributed by atoms with E-state index in [4.69, 9.17) is 27.2 Å². The number of aliphatic hydroxyl groups is 1. The van der Waals surface area contributed by atoms with Crippen LogP contribution in [0, 0.1) is 0 Å². The van der Waals surface area contributed by atoms with E-state index >= 15 is 0 Å². The molecule has 0 radical (unpaired) electrons. The van der Waals surface area contributed by atoms with Gasteiger partial charge in [0.2, 0.25) is 0 Å². The lowest BCUT2D eigenvalue weighted by Gasteiger charge is -2.37. The maximum Gasteiger partial charge on any atom is 0.153 e. The Hall–Kier alpha value is -1.11.